The number of hydrogen-bond acceptors (Lipinski definition) is 1. The zero-order chi connectivity index (χ0) is 12.3. The lowest BCUT2D eigenvalue weighted by Gasteiger charge is -2.09. The molecule has 0 saturated carbocycles. The van der Waals surface area contributed by atoms with Crippen LogP contribution in [0.3, 0.4) is 0 Å². The monoisotopic (exact) mass is 295 g/mol. The van der Waals surface area contributed by atoms with Crippen LogP contribution in [-0.2, 0) is 4.79 Å². The van der Waals surface area contributed by atoms with E-state index in [0.29, 0.717) is 12.5 Å². The summed E-state index contributed by atoms with van der Waals surface area (Å²) in [6, 6.07) is 1.14. The van der Waals surface area contributed by atoms with Crippen LogP contribution >= 0.6 is 15.9 Å². The third-order valence-corrected chi connectivity index (χ3v) is 2.96. The van der Waals surface area contributed by atoms with Crippen LogP contribution in [0.5, 0.6) is 0 Å². The maximum Gasteiger partial charge on any atom is 0.238 e. The first-order chi connectivity index (χ1) is 7.45. The molecule has 1 N–H and O–H groups in total. The predicted molar refractivity (Wildman–Crippen MR) is 58.0 cm³/mol. The topological polar surface area (TPSA) is 29.1 Å². The van der Waals surface area contributed by atoms with Gasteiger partial charge in [-0.05, 0) is 6.42 Å². The van der Waals surface area contributed by atoms with Gasteiger partial charge >= 0.3 is 0 Å². The molecule has 0 spiro atoms. The molecule has 16 heavy (non-hydrogen) atoms. The largest absolute Gasteiger partial charge is 0.322 e. The molecule has 0 aliphatic rings. The van der Waals surface area contributed by atoms with Crippen molar-refractivity contribution in [2.45, 2.75) is 18.2 Å². The molecule has 0 aliphatic heterocycles. The number of alkyl halides is 1. The predicted octanol–water partition coefficient (Wildman–Crippen LogP) is 3.22. The fourth-order valence-electron chi connectivity index (χ4n) is 1.04. The molecule has 0 aromatic heterocycles. The number of hydrogen-bond donors (Lipinski definition) is 1. The maximum atomic E-state index is 13.1. The Bertz CT molecular complexity index is 411. The lowest BCUT2D eigenvalue weighted by Crippen LogP contribution is -2.22. The molecule has 6 heteroatoms. The van der Waals surface area contributed by atoms with E-state index in [9.17, 15) is 18.0 Å². The summed E-state index contributed by atoms with van der Waals surface area (Å²) in [4.78, 5) is 10.8. The highest BCUT2D eigenvalue weighted by molar-refractivity contribution is 9.10. The fraction of sp³-hybridized carbons (Fsp3) is 0.300. The Morgan fingerprint density at radius 2 is 2.06 bits per heavy atom. The van der Waals surface area contributed by atoms with Gasteiger partial charge in [-0.1, -0.05) is 22.9 Å². The standard InChI is InChI=1S/C10H9BrF3NO/c1-2-6(11)10(16)15-8-4-5(12)3-7(13)9(8)14/h3-4,6H,2H2,1H3,(H,15,16). The number of rotatable bonds is 3. The Morgan fingerprint density at radius 1 is 1.44 bits per heavy atom. The van der Waals surface area contributed by atoms with Crippen molar-refractivity contribution in [1.29, 1.82) is 0 Å². The third kappa shape index (κ3) is 2.98. The molecular weight excluding hydrogens is 287 g/mol. The molecule has 2 nitrogen and oxygen atoms in total. The molecule has 1 aromatic rings. The van der Waals surface area contributed by atoms with Gasteiger partial charge in [-0.2, -0.15) is 0 Å². The molecule has 0 fully saturated rings. The second kappa shape index (κ2) is 5.34. The van der Waals surface area contributed by atoms with Gasteiger partial charge in [0.05, 0.1) is 10.5 Å². The van der Waals surface area contributed by atoms with E-state index < -0.39 is 33.9 Å². The van der Waals surface area contributed by atoms with Crippen LogP contribution in [0.1, 0.15) is 13.3 Å². The molecular formula is C10H9BrF3NO. The number of carbonyl (C=O) groups excluding carboxylic acids is 1. The van der Waals surface area contributed by atoms with Crippen LogP contribution in [-0.4, -0.2) is 10.7 Å². The third-order valence-electron chi connectivity index (χ3n) is 1.89. The highest BCUT2D eigenvalue weighted by Crippen LogP contribution is 2.20. The van der Waals surface area contributed by atoms with Crippen molar-refractivity contribution in [2.75, 3.05) is 5.32 Å². The van der Waals surface area contributed by atoms with E-state index in [-0.39, 0.29) is 0 Å². The lowest BCUT2D eigenvalue weighted by molar-refractivity contribution is -0.115. The summed E-state index contributed by atoms with van der Waals surface area (Å²) in [5, 5.41) is 2.10. The summed E-state index contributed by atoms with van der Waals surface area (Å²) in [6.07, 6.45) is 0.477. The summed E-state index contributed by atoms with van der Waals surface area (Å²) >= 11 is 3.04. The normalized spacial score (nSPS) is 12.3. The van der Waals surface area contributed by atoms with Crippen molar-refractivity contribution in [1.82, 2.24) is 0 Å². The van der Waals surface area contributed by atoms with Crippen LogP contribution < -0.4 is 5.32 Å². The van der Waals surface area contributed by atoms with Gasteiger partial charge in [-0.15, -0.1) is 0 Å². The number of nitrogens with one attached hydrogen (secondary N) is 1. The van der Waals surface area contributed by atoms with Gasteiger partial charge in [0, 0.05) is 12.1 Å². The Hall–Kier alpha value is -1.04. The van der Waals surface area contributed by atoms with E-state index in [1.54, 1.807) is 6.92 Å². The molecule has 0 bridgehead atoms. The molecule has 1 atom stereocenters. The van der Waals surface area contributed by atoms with Gasteiger partial charge < -0.3 is 5.32 Å². The Balaban J connectivity index is 2.93. The van der Waals surface area contributed by atoms with Gasteiger partial charge in [0.25, 0.3) is 0 Å². The van der Waals surface area contributed by atoms with E-state index in [1.807, 2.05) is 0 Å². The van der Waals surface area contributed by atoms with Gasteiger partial charge in [0.15, 0.2) is 11.6 Å². The molecule has 0 heterocycles. The van der Waals surface area contributed by atoms with Crippen molar-refractivity contribution in [3.05, 3.63) is 29.6 Å². The molecule has 88 valence electrons. The smallest absolute Gasteiger partial charge is 0.238 e. The summed E-state index contributed by atoms with van der Waals surface area (Å²) < 4.78 is 38.7. The molecule has 0 saturated heterocycles. The van der Waals surface area contributed by atoms with Crippen LogP contribution in [0, 0.1) is 17.5 Å². The number of benzene rings is 1. The summed E-state index contributed by atoms with van der Waals surface area (Å²) in [7, 11) is 0. The van der Waals surface area contributed by atoms with Gasteiger partial charge in [-0.25, -0.2) is 13.2 Å². The molecule has 1 amide bonds. The Morgan fingerprint density at radius 3 is 2.62 bits per heavy atom. The highest BCUT2D eigenvalue weighted by atomic mass is 79.9. The maximum absolute atomic E-state index is 13.1. The molecule has 1 rings (SSSR count). The lowest BCUT2D eigenvalue weighted by atomic mass is 10.2. The second-order valence-corrected chi connectivity index (χ2v) is 4.22. The average Bonchev–Trinajstić information content (AvgIpc) is 2.23. The van der Waals surface area contributed by atoms with E-state index in [0.717, 1.165) is 6.07 Å². The van der Waals surface area contributed by atoms with Crippen molar-refractivity contribution < 1.29 is 18.0 Å². The fourth-order valence-corrected chi connectivity index (χ4v) is 1.16. The number of halogens is 4. The molecule has 1 unspecified atom stereocenters. The van der Waals surface area contributed by atoms with Crippen molar-refractivity contribution >= 4 is 27.5 Å². The van der Waals surface area contributed by atoms with Crippen LogP contribution in [0.4, 0.5) is 18.9 Å². The first-order valence-electron chi connectivity index (χ1n) is 4.55. The molecule has 0 radical (unpaired) electrons. The van der Waals surface area contributed by atoms with E-state index in [2.05, 4.69) is 21.2 Å². The Kier molecular flexibility index (Phi) is 4.35. The zero-order valence-electron chi connectivity index (χ0n) is 8.36. The number of carbonyl (C=O) groups is 1. The summed E-state index contributed by atoms with van der Waals surface area (Å²) in [6.45, 7) is 1.74. The van der Waals surface area contributed by atoms with Gasteiger partial charge in [0.2, 0.25) is 5.91 Å². The second-order valence-electron chi connectivity index (χ2n) is 3.11. The van der Waals surface area contributed by atoms with E-state index in [4.69, 9.17) is 0 Å². The van der Waals surface area contributed by atoms with E-state index >= 15 is 0 Å². The molecule has 1 aromatic carbocycles. The minimum atomic E-state index is -1.34. The summed E-state index contributed by atoms with van der Waals surface area (Å²) in [5.74, 6) is -4.10. The van der Waals surface area contributed by atoms with Gasteiger partial charge in [-0.3, -0.25) is 4.79 Å². The first kappa shape index (κ1) is 13.0. The van der Waals surface area contributed by atoms with Crippen LogP contribution in [0.25, 0.3) is 0 Å². The molecule has 0 aliphatic carbocycles. The van der Waals surface area contributed by atoms with Crippen LogP contribution in [0.15, 0.2) is 12.1 Å². The quantitative estimate of drug-likeness (QED) is 0.673. The van der Waals surface area contributed by atoms with Gasteiger partial charge in [0.1, 0.15) is 5.82 Å². The number of anilines is 1. The SMILES string of the molecule is CCC(Br)C(=O)Nc1cc(F)cc(F)c1F. The van der Waals surface area contributed by atoms with Crippen LogP contribution in [0.2, 0.25) is 0 Å². The van der Waals surface area contributed by atoms with Crippen molar-refractivity contribution in [2.24, 2.45) is 0 Å². The number of amides is 1. The first-order valence-corrected chi connectivity index (χ1v) is 5.46. The highest BCUT2D eigenvalue weighted by Gasteiger charge is 2.17. The summed E-state index contributed by atoms with van der Waals surface area (Å²) in [5.41, 5.74) is -0.500. The zero-order valence-corrected chi connectivity index (χ0v) is 9.95. The van der Waals surface area contributed by atoms with E-state index in [1.165, 1.54) is 0 Å². The van der Waals surface area contributed by atoms with Crippen molar-refractivity contribution in [3.8, 4) is 0 Å². The van der Waals surface area contributed by atoms with Crippen molar-refractivity contribution in [3.63, 3.8) is 0 Å². The Labute approximate surface area is 99.0 Å². The minimum Gasteiger partial charge on any atom is -0.322 e. The average molecular weight is 296 g/mol. The minimum absolute atomic E-state index is 0.413.